The first-order valence-corrected chi connectivity index (χ1v) is 8.21. The van der Waals surface area contributed by atoms with Gasteiger partial charge in [0.15, 0.2) is 0 Å². The van der Waals surface area contributed by atoms with Gasteiger partial charge in [0.05, 0.1) is 0 Å². The lowest BCUT2D eigenvalue weighted by molar-refractivity contribution is -0.133. The van der Waals surface area contributed by atoms with Crippen LogP contribution in [0, 0.1) is 0 Å². The molecule has 0 aliphatic carbocycles. The minimum absolute atomic E-state index is 0. The smallest absolute Gasteiger partial charge is 0.222 e. The molecule has 1 N–H and O–H groups in total. The fourth-order valence-corrected chi connectivity index (χ4v) is 3.42. The second-order valence-electron chi connectivity index (χ2n) is 5.17. The Morgan fingerprint density at radius 1 is 1.55 bits per heavy atom. The van der Waals surface area contributed by atoms with Crippen LogP contribution in [0.1, 0.15) is 37.5 Å². The highest BCUT2D eigenvalue weighted by Crippen LogP contribution is 2.15. The van der Waals surface area contributed by atoms with Gasteiger partial charge in [-0.25, -0.2) is 0 Å². The maximum absolute atomic E-state index is 12.4. The van der Waals surface area contributed by atoms with Crippen molar-refractivity contribution in [2.75, 3.05) is 19.6 Å². The van der Waals surface area contributed by atoms with Crippen LogP contribution in [-0.2, 0) is 11.2 Å². The molecule has 1 aliphatic rings. The van der Waals surface area contributed by atoms with E-state index in [0.717, 1.165) is 45.3 Å². The van der Waals surface area contributed by atoms with Crippen LogP contribution >= 0.6 is 23.7 Å². The number of carbonyl (C=O) groups excluding carboxylic acids is 1. The zero-order chi connectivity index (χ0) is 13.5. The van der Waals surface area contributed by atoms with Gasteiger partial charge in [0.1, 0.15) is 0 Å². The standard InChI is InChI=1S/C15H24N2OS.ClH/c1-2-10-17(13-8-9-16-12-13)15(18)7-3-5-14-6-4-11-19-14;/h4,6,11,13,16H,2-3,5,7-10,12H2,1H3;1H. The molecular formula is C15H25ClN2OS. The highest BCUT2D eigenvalue weighted by molar-refractivity contribution is 7.09. The molecule has 1 atom stereocenters. The summed E-state index contributed by atoms with van der Waals surface area (Å²) in [6, 6.07) is 4.66. The van der Waals surface area contributed by atoms with Crippen molar-refractivity contribution >= 4 is 29.7 Å². The van der Waals surface area contributed by atoms with E-state index in [-0.39, 0.29) is 12.4 Å². The van der Waals surface area contributed by atoms with E-state index in [2.05, 4.69) is 34.7 Å². The molecule has 1 amide bonds. The van der Waals surface area contributed by atoms with E-state index in [1.165, 1.54) is 4.88 Å². The molecule has 1 fully saturated rings. The number of hydrogen-bond donors (Lipinski definition) is 1. The van der Waals surface area contributed by atoms with Crippen molar-refractivity contribution in [3.8, 4) is 0 Å². The lowest BCUT2D eigenvalue weighted by Crippen LogP contribution is -2.42. The Kier molecular flexibility index (Phi) is 8.19. The number of carbonyl (C=O) groups is 1. The average molecular weight is 317 g/mol. The van der Waals surface area contributed by atoms with Gasteiger partial charge in [0.25, 0.3) is 0 Å². The zero-order valence-electron chi connectivity index (χ0n) is 12.1. The van der Waals surface area contributed by atoms with Crippen molar-refractivity contribution in [3.63, 3.8) is 0 Å². The van der Waals surface area contributed by atoms with Gasteiger partial charge in [-0.05, 0) is 43.7 Å². The van der Waals surface area contributed by atoms with E-state index in [9.17, 15) is 4.79 Å². The summed E-state index contributed by atoms with van der Waals surface area (Å²) in [6.45, 7) is 5.07. The molecule has 2 heterocycles. The van der Waals surface area contributed by atoms with Gasteiger partial charge in [-0.3, -0.25) is 4.79 Å². The number of rotatable bonds is 7. The Bertz CT molecular complexity index is 377. The predicted octanol–water partition coefficient (Wildman–Crippen LogP) is 3.09. The number of hydrogen-bond acceptors (Lipinski definition) is 3. The predicted molar refractivity (Wildman–Crippen MR) is 87.8 cm³/mol. The van der Waals surface area contributed by atoms with Gasteiger partial charge in [-0.15, -0.1) is 23.7 Å². The van der Waals surface area contributed by atoms with Crippen molar-refractivity contribution in [1.29, 1.82) is 0 Å². The third-order valence-electron chi connectivity index (χ3n) is 3.65. The molecular weight excluding hydrogens is 292 g/mol. The first-order valence-electron chi connectivity index (χ1n) is 7.34. The van der Waals surface area contributed by atoms with E-state index in [1.54, 1.807) is 11.3 Å². The van der Waals surface area contributed by atoms with Crippen LogP contribution in [0.25, 0.3) is 0 Å². The largest absolute Gasteiger partial charge is 0.338 e. The van der Waals surface area contributed by atoms with Crippen LogP contribution in [0.15, 0.2) is 17.5 Å². The summed E-state index contributed by atoms with van der Waals surface area (Å²) in [7, 11) is 0. The fraction of sp³-hybridized carbons (Fsp3) is 0.667. The number of thiophene rings is 1. The van der Waals surface area contributed by atoms with Gasteiger partial charge in [-0.1, -0.05) is 13.0 Å². The van der Waals surface area contributed by atoms with Gasteiger partial charge in [-0.2, -0.15) is 0 Å². The normalized spacial score (nSPS) is 17.8. The number of nitrogens with zero attached hydrogens (tertiary/aromatic N) is 1. The van der Waals surface area contributed by atoms with E-state index >= 15 is 0 Å². The maximum atomic E-state index is 12.4. The van der Waals surface area contributed by atoms with Crippen molar-refractivity contribution in [3.05, 3.63) is 22.4 Å². The molecule has 5 heteroatoms. The number of nitrogens with one attached hydrogen (secondary N) is 1. The van der Waals surface area contributed by atoms with Crippen LogP contribution in [0.3, 0.4) is 0 Å². The van der Waals surface area contributed by atoms with Crippen molar-refractivity contribution < 1.29 is 4.79 Å². The molecule has 114 valence electrons. The Morgan fingerprint density at radius 2 is 2.40 bits per heavy atom. The number of amides is 1. The molecule has 2 rings (SSSR count). The molecule has 0 bridgehead atoms. The third kappa shape index (κ3) is 5.08. The minimum Gasteiger partial charge on any atom is -0.338 e. The van der Waals surface area contributed by atoms with Crippen molar-refractivity contribution in [2.24, 2.45) is 0 Å². The Morgan fingerprint density at radius 3 is 3.00 bits per heavy atom. The molecule has 1 aliphatic heterocycles. The monoisotopic (exact) mass is 316 g/mol. The minimum atomic E-state index is 0. The van der Waals surface area contributed by atoms with Gasteiger partial charge >= 0.3 is 0 Å². The highest BCUT2D eigenvalue weighted by Gasteiger charge is 2.25. The fourth-order valence-electron chi connectivity index (χ4n) is 2.67. The number of aryl methyl sites for hydroxylation is 1. The number of halogens is 1. The quantitative estimate of drug-likeness (QED) is 0.838. The van der Waals surface area contributed by atoms with Crippen LogP contribution in [0.4, 0.5) is 0 Å². The molecule has 1 aromatic rings. The molecule has 1 unspecified atom stereocenters. The molecule has 3 nitrogen and oxygen atoms in total. The lowest BCUT2D eigenvalue weighted by atomic mass is 10.1. The summed E-state index contributed by atoms with van der Waals surface area (Å²) in [6.07, 6.45) is 4.85. The van der Waals surface area contributed by atoms with Crippen LogP contribution < -0.4 is 5.32 Å². The van der Waals surface area contributed by atoms with Gasteiger partial charge in [0, 0.05) is 30.4 Å². The lowest BCUT2D eigenvalue weighted by Gasteiger charge is -2.28. The zero-order valence-corrected chi connectivity index (χ0v) is 13.8. The topological polar surface area (TPSA) is 32.3 Å². The van der Waals surface area contributed by atoms with Gasteiger partial charge < -0.3 is 10.2 Å². The molecule has 1 aromatic heterocycles. The molecule has 0 saturated carbocycles. The van der Waals surface area contributed by atoms with Crippen LogP contribution in [0.5, 0.6) is 0 Å². The van der Waals surface area contributed by atoms with E-state index < -0.39 is 0 Å². The molecule has 20 heavy (non-hydrogen) atoms. The molecule has 0 aromatic carbocycles. The summed E-state index contributed by atoms with van der Waals surface area (Å²) in [5, 5.41) is 5.45. The Balaban J connectivity index is 0.00000200. The van der Waals surface area contributed by atoms with E-state index in [1.807, 2.05) is 0 Å². The van der Waals surface area contributed by atoms with Gasteiger partial charge in [0.2, 0.25) is 5.91 Å². The SMILES string of the molecule is CCCN(C(=O)CCCc1cccs1)C1CCNC1.Cl. The second-order valence-corrected chi connectivity index (χ2v) is 6.20. The summed E-state index contributed by atoms with van der Waals surface area (Å²) < 4.78 is 0. The molecule has 1 saturated heterocycles. The molecule has 0 radical (unpaired) electrons. The maximum Gasteiger partial charge on any atom is 0.222 e. The summed E-state index contributed by atoms with van der Waals surface area (Å²) in [5.74, 6) is 0.340. The van der Waals surface area contributed by atoms with Crippen LogP contribution in [-0.4, -0.2) is 36.5 Å². The first kappa shape index (κ1) is 17.5. The van der Waals surface area contributed by atoms with Crippen molar-refractivity contribution in [1.82, 2.24) is 10.2 Å². The average Bonchev–Trinajstić information content (AvgIpc) is 3.08. The summed E-state index contributed by atoms with van der Waals surface area (Å²) in [5.41, 5.74) is 0. The summed E-state index contributed by atoms with van der Waals surface area (Å²) >= 11 is 1.78. The Hall–Kier alpha value is -0.580. The Labute approximate surface area is 132 Å². The van der Waals surface area contributed by atoms with Crippen molar-refractivity contribution in [2.45, 2.75) is 45.1 Å². The van der Waals surface area contributed by atoms with E-state index in [4.69, 9.17) is 0 Å². The highest BCUT2D eigenvalue weighted by atomic mass is 35.5. The third-order valence-corrected chi connectivity index (χ3v) is 4.59. The second kappa shape index (κ2) is 9.37. The summed E-state index contributed by atoms with van der Waals surface area (Å²) in [4.78, 5) is 15.8. The molecule has 0 spiro atoms. The first-order chi connectivity index (χ1) is 9.31. The van der Waals surface area contributed by atoms with E-state index in [0.29, 0.717) is 18.4 Å². The van der Waals surface area contributed by atoms with Crippen LogP contribution in [0.2, 0.25) is 0 Å².